The number of aromatic amines is 1. The highest BCUT2D eigenvalue weighted by Crippen LogP contribution is 2.22. The molecule has 0 aliphatic heterocycles. The van der Waals surface area contributed by atoms with Crippen LogP contribution in [0.15, 0.2) is 48.7 Å². The predicted molar refractivity (Wildman–Crippen MR) is 107 cm³/mol. The molecule has 140 valence electrons. The molecule has 0 bridgehead atoms. The fourth-order valence-corrected chi connectivity index (χ4v) is 2.76. The molecular weight excluding hydrogens is 340 g/mol. The van der Waals surface area contributed by atoms with Crippen LogP contribution >= 0.6 is 0 Å². The van der Waals surface area contributed by atoms with Gasteiger partial charge in [-0.15, -0.1) is 0 Å². The lowest BCUT2D eigenvalue weighted by Crippen LogP contribution is -2.27. The Morgan fingerprint density at radius 1 is 1.07 bits per heavy atom. The summed E-state index contributed by atoms with van der Waals surface area (Å²) in [6.07, 6.45) is 1.91. The van der Waals surface area contributed by atoms with Crippen LogP contribution in [0, 0.1) is 0 Å². The van der Waals surface area contributed by atoms with Crippen molar-refractivity contribution in [2.24, 2.45) is 0 Å². The highest BCUT2D eigenvalue weighted by Gasteiger charge is 2.14. The van der Waals surface area contributed by atoms with E-state index in [-0.39, 0.29) is 30.2 Å². The number of anilines is 1. The van der Waals surface area contributed by atoms with Crippen molar-refractivity contribution in [1.29, 1.82) is 0 Å². The fourth-order valence-electron chi connectivity index (χ4n) is 2.76. The normalized spacial score (nSPS) is 11.4. The molecule has 0 aliphatic rings. The Bertz CT molecular complexity index is 952. The first-order chi connectivity index (χ1) is 12.8. The average molecular weight is 364 g/mol. The smallest absolute Gasteiger partial charge is 0.251 e. The number of rotatable bonds is 5. The molecule has 27 heavy (non-hydrogen) atoms. The molecule has 1 aromatic heterocycles. The molecule has 2 amide bonds. The van der Waals surface area contributed by atoms with Gasteiger partial charge in [0.05, 0.1) is 11.7 Å². The second-order valence-electron chi connectivity index (χ2n) is 7.55. The molecule has 2 aromatic carbocycles. The molecule has 0 radical (unpaired) electrons. The summed E-state index contributed by atoms with van der Waals surface area (Å²) in [5.74, 6) is -0.329. The maximum absolute atomic E-state index is 12.2. The van der Waals surface area contributed by atoms with E-state index < -0.39 is 0 Å². The van der Waals surface area contributed by atoms with Crippen molar-refractivity contribution in [3.05, 3.63) is 59.8 Å². The molecule has 0 unspecified atom stereocenters. The zero-order chi connectivity index (χ0) is 19.4. The van der Waals surface area contributed by atoms with Crippen LogP contribution in [0.2, 0.25) is 0 Å². The van der Waals surface area contributed by atoms with Crippen LogP contribution in [0.3, 0.4) is 0 Å². The van der Waals surface area contributed by atoms with Gasteiger partial charge in [0.25, 0.3) is 5.91 Å². The number of aromatic nitrogens is 2. The molecular formula is C21H24N4O2. The Morgan fingerprint density at radius 3 is 2.52 bits per heavy atom. The standard InChI is InChI=1S/C21H24N4O2/c1-21(2,3)16-6-4-14(5-7-16)20(27)22-11-10-19(26)24-17-8-9-18-15(12-17)13-23-25-18/h4-9,12-13H,10-11H2,1-3H3,(H,22,27)(H,23,25)(H,24,26). The zero-order valence-electron chi connectivity index (χ0n) is 15.8. The van der Waals surface area contributed by atoms with Gasteiger partial charge in [-0.2, -0.15) is 5.10 Å². The van der Waals surface area contributed by atoms with Gasteiger partial charge in [-0.3, -0.25) is 14.7 Å². The number of carbonyl (C=O) groups excluding carboxylic acids is 2. The van der Waals surface area contributed by atoms with E-state index in [1.54, 1.807) is 6.20 Å². The van der Waals surface area contributed by atoms with E-state index in [0.717, 1.165) is 10.9 Å². The van der Waals surface area contributed by atoms with Gasteiger partial charge in [0.1, 0.15) is 0 Å². The lowest BCUT2D eigenvalue weighted by Gasteiger charge is -2.19. The van der Waals surface area contributed by atoms with E-state index in [0.29, 0.717) is 11.3 Å². The Hall–Kier alpha value is -3.15. The summed E-state index contributed by atoms with van der Waals surface area (Å²) in [5.41, 5.74) is 3.43. The molecule has 6 nitrogen and oxygen atoms in total. The number of amides is 2. The summed E-state index contributed by atoms with van der Waals surface area (Å²) in [7, 11) is 0. The van der Waals surface area contributed by atoms with Crippen LogP contribution in [0.25, 0.3) is 10.9 Å². The van der Waals surface area contributed by atoms with Crippen molar-refractivity contribution in [2.45, 2.75) is 32.6 Å². The van der Waals surface area contributed by atoms with Gasteiger partial charge in [0.2, 0.25) is 5.91 Å². The van der Waals surface area contributed by atoms with E-state index in [1.165, 1.54) is 5.56 Å². The van der Waals surface area contributed by atoms with Crippen LogP contribution in [-0.2, 0) is 10.2 Å². The zero-order valence-corrected chi connectivity index (χ0v) is 15.8. The van der Waals surface area contributed by atoms with E-state index in [1.807, 2.05) is 42.5 Å². The number of benzene rings is 2. The second kappa shape index (κ2) is 7.61. The van der Waals surface area contributed by atoms with E-state index in [9.17, 15) is 9.59 Å². The molecule has 0 atom stereocenters. The fraction of sp³-hybridized carbons (Fsp3) is 0.286. The van der Waals surface area contributed by atoms with Crippen LogP contribution in [-0.4, -0.2) is 28.6 Å². The van der Waals surface area contributed by atoms with Crippen molar-refractivity contribution in [3.8, 4) is 0 Å². The summed E-state index contributed by atoms with van der Waals surface area (Å²) >= 11 is 0. The molecule has 3 rings (SSSR count). The number of fused-ring (bicyclic) bond motifs is 1. The summed E-state index contributed by atoms with van der Waals surface area (Å²) in [6.45, 7) is 6.67. The molecule has 3 aromatic rings. The lowest BCUT2D eigenvalue weighted by atomic mass is 9.87. The summed E-state index contributed by atoms with van der Waals surface area (Å²) in [4.78, 5) is 24.3. The molecule has 0 spiro atoms. The minimum absolute atomic E-state index is 0.0482. The summed E-state index contributed by atoms with van der Waals surface area (Å²) in [5, 5.41) is 13.4. The minimum atomic E-state index is -0.178. The SMILES string of the molecule is CC(C)(C)c1ccc(C(=O)NCCC(=O)Nc2ccc3[nH]ncc3c2)cc1. The first kappa shape index (κ1) is 18.6. The molecule has 0 saturated heterocycles. The third-order valence-corrected chi connectivity index (χ3v) is 4.37. The van der Waals surface area contributed by atoms with Gasteiger partial charge >= 0.3 is 0 Å². The van der Waals surface area contributed by atoms with Crippen LogP contribution < -0.4 is 10.6 Å². The first-order valence-corrected chi connectivity index (χ1v) is 8.95. The number of nitrogens with one attached hydrogen (secondary N) is 3. The van der Waals surface area contributed by atoms with Gasteiger partial charge < -0.3 is 10.6 Å². The molecule has 3 N–H and O–H groups in total. The van der Waals surface area contributed by atoms with Crippen molar-refractivity contribution in [3.63, 3.8) is 0 Å². The van der Waals surface area contributed by atoms with E-state index >= 15 is 0 Å². The summed E-state index contributed by atoms with van der Waals surface area (Å²) < 4.78 is 0. The number of H-pyrrole nitrogens is 1. The van der Waals surface area contributed by atoms with Crippen LogP contribution in [0.4, 0.5) is 5.69 Å². The molecule has 0 saturated carbocycles. The molecule has 6 heteroatoms. The van der Waals surface area contributed by atoms with Gasteiger partial charge in [0.15, 0.2) is 0 Å². The number of nitrogens with zero attached hydrogens (tertiary/aromatic N) is 1. The van der Waals surface area contributed by atoms with Gasteiger partial charge in [-0.1, -0.05) is 32.9 Å². The monoisotopic (exact) mass is 364 g/mol. The highest BCUT2D eigenvalue weighted by atomic mass is 16.2. The Kier molecular flexibility index (Phi) is 5.26. The average Bonchev–Trinajstić information content (AvgIpc) is 3.08. The maximum Gasteiger partial charge on any atom is 0.251 e. The Labute approximate surface area is 158 Å². The number of hydrogen-bond donors (Lipinski definition) is 3. The lowest BCUT2D eigenvalue weighted by molar-refractivity contribution is -0.116. The first-order valence-electron chi connectivity index (χ1n) is 8.95. The van der Waals surface area contributed by atoms with E-state index in [4.69, 9.17) is 0 Å². The second-order valence-corrected chi connectivity index (χ2v) is 7.55. The number of carbonyl (C=O) groups is 2. The number of hydrogen-bond acceptors (Lipinski definition) is 3. The third-order valence-electron chi connectivity index (χ3n) is 4.37. The van der Waals surface area contributed by atoms with Gasteiger partial charge in [0, 0.05) is 29.6 Å². The minimum Gasteiger partial charge on any atom is -0.352 e. The summed E-state index contributed by atoms with van der Waals surface area (Å²) in [6, 6.07) is 13.1. The maximum atomic E-state index is 12.2. The van der Waals surface area contributed by atoms with Crippen LogP contribution in [0.5, 0.6) is 0 Å². The highest BCUT2D eigenvalue weighted by molar-refractivity contribution is 5.96. The molecule has 1 heterocycles. The van der Waals surface area contributed by atoms with Crippen LogP contribution in [0.1, 0.15) is 43.1 Å². The van der Waals surface area contributed by atoms with Gasteiger partial charge in [-0.05, 0) is 41.3 Å². The van der Waals surface area contributed by atoms with Crippen molar-refractivity contribution in [1.82, 2.24) is 15.5 Å². The Morgan fingerprint density at radius 2 is 1.81 bits per heavy atom. The van der Waals surface area contributed by atoms with Crippen molar-refractivity contribution < 1.29 is 9.59 Å². The quantitative estimate of drug-likeness (QED) is 0.646. The van der Waals surface area contributed by atoms with E-state index in [2.05, 4.69) is 41.6 Å². The molecule has 0 aliphatic carbocycles. The largest absolute Gasteiger partial charge is 0.352 e. The van der Waals surface area contributed by atoms with Crippen molar-refractivity contribution >= 4 is 28.4 Å². The molecule has 0 fully saturated rings. The third kappa shape index (κ3) is 4.73. The van der Waals surface area contributed by atoms with Gasteiger partial charge in [-0.25, -0.2) is 0 Å². The Balaban J connectivity index is 1.48. The topological polar surface area (TPSA) is 86.9 Å². The predicted octanol–water partition coefficient (Wildman–Crippen LogP) is 3.62. The van der Waals surface area contributed by atoms with Crippen molar-refractivity contribution in [2.75, 3.05) is 11.9 Å².